The second kappa shape index (κ2) is 8.84. The number of rotatable bonds is 6. The Labute approximate surface area is 189 Å². The zero-order valence-electron chi connectivity index (χ0n) is 17.0. The number of nitrogens with zero attached hydrogens (tertiary/aromatic N) is 2. The lowest BCUT2D eigenvalue weighted by atomic mass is 9.95. The molecule has 0 unspecified atom stereocenters. The van der Waals surface area contributed by atoms with Crippen LogP contribution in [0.4, 0.5) is 14.9 Å². The van der Waals surface area contributed by atoms with Crippen LogP contribution in [0.5, 0.6) is 0 Å². The van der Waals surface area contributed by atoms with Gasteiger partial charge in [-0.15, -0.1) is 6.58 Å². The van der Waals surface area contributed by atoms with Gasteiger partial charge in [0.05, 0.1) is 23.9 Å². The predicted molar refractivity (Wildman–Crippen MR) is 118 cm³/mol. The van der Waals surface area contributed by atoms with Gasteiger partial charge in [-0.05, 0) is 42.0 Å². The first kappa shape index (κ1) is 21.6. The van der Waals surface area contributed by atoms with Crippen LogP contribution in [0.1, 0.15) is 11.6 Å². The van der Waals surface area contributed by atoms with Gasteiger partial charge in [-0.1, -0.05) is 29.8 Å². The molecule has 4 amide bonds. The van der Waals surface area contributed by atoms with Gasteiger partial charge in [0.1, 0.15) is 12.4 Å². The molecular weight excluding hydrogens is 435 g/mol. The zero-order chi connectivity index (χ0) is 22.8. The summed E-state index contributed by atoms with van der Waals surface area (Å²) < 4.78 is 13.1. The first-order chi connectivity index (χ1) is 15.4. The number of hydrogen-bond acceptors (Lipinski definition) is 3. The molecule has 0 fully saturated rings. The predicted octanol–water partition coefficient (Wildman–Crippen LogP) is 3.47. The van der Waals surface area contributed by atoms with Crippen LogP contribution in [-0.2, 0) is 9.59 Å². The Morgan fingerprint density at radius 2 is 2.00 bits per heavy atom. The minimum atomic E-state index is -0.685. The maximum absolute atomic E-state index is 13.3. The summed E-state index contributed by atoms with van der Waals surface area (Å²) in [6.45, 7) is 3.78. The second-order valence-electron chi connectivity index (χ2n) is 7.41. The summed E-state index contributed by atoms with van der Waals surface area (Å²) in [7, 11) is 0. The summed E-state index contributed by atoms with van der Waals surface area (Å²) in [6, 6.07) is 11.2. The highest BCUT2D eigenvalue weighted by Crippen LogP contribution is 2.36. The van der Waals surface area contributed by atoms with Crippen molar-refractivity contribution in [2.75, 3.05) is 25.0 Å². The Kier molecular flexibility index (Phi) is 5.96. The van der Waals surface area contributed by atoms with E-state index < -0.39 is 17.8 Å². The molecule has 0 radical (unpaired) electrons. The van der Waals surface area contributed by atoms with Crippen molar-refractivity contribution in [1.82, 2.24) is 15.1 Å². The average Bonchev–Trinajstić information content (AvgIpc) is 3.07. The highest BCUT2D eigenvalue weighted by Gasteiger charge is 2.44. The van der Waals surface area contributed by atoms with E-state index in [1.807, 2.05) is 0 Å². The molecule has 2 aliphatic heterocycles. The SMILES string of the molecule is C=CCN1C(=O)N[C@H](c2cccc(Cl)c2)C2=C1CN(CC(=O)Nc1ccc(F)cc1)C2=O. The van der Waals surface area contributed by atoms with E-state index in [0.717, 1.165) is 0 Å². The molecule has 2 N–H and O–H groups in total. The van der Waals surface area contributed by atoms with E-state index in [1.54, 1.807) is 30.3 Å². The largest absolute Gasteiger partial charge is 0.326 e. The van der Waals surface area contributed by atoms with Crippen molar-refractivity contribution in [2.24, 2.45) is 0 Å². The van der Waals surface area contributed by atoms with E-state index in [1.165, 1.54) is 34.1 Å². The summed E-state index contributed by atoms with van der Waals surface area (Å²) in [4.78, 5) is 41.4. The van der Waals surface area contributed by atoms with Crippen molar-refractivity contribution in [3.8, 4) is 0 Å². The van der Waals surface area contributed by atoms with Crippen LogP contribution in [0.3, 0.4) is 0 Å². The van der Waals surface area contributed by atoms with Crippen molar-refractivity contribution in [3.05, 3.63) is 88.9 Å². The fraction of sp³-hybridized carbons (Fsp3) is 0.174. The summed E-state index contributed by atoms with van der Waals surface area (Å²) in [6.07, 6.45) is 1.57. The van der Waals surface area contributed by atoms with E-state index in [9.17, 15) is 18.8 Å². The third kappa shape index (κ3) is 4.22. The second-order valence-corrected chi connectivity index (χ2v) is 7.85. The number of carbonyl (C=O) groups excluding carboxylic acids is 3. The molecule has 7 nitrogen and oxygen atoms in total. The monoisotopic (exact) mass is 454 g/mol. The zero-order valence-corrected chi connectivity index (χ0v) is 17.7. The molecule has 0 aromatic heterocycles. The lowest BCUT2D eigenvalue weighted by molar-refractivity contribution is -0.130. The number of nitrogens with one attached hydrogen (secondary N) is 2. The Morgan fingerprint density at radius 1 is 1.25 bits per heavy atom. The molecule has 2 aliphatic rings. The van der Waals surface area contributed by atoms with Gasteiger partial charge in [0, 0.05) is 17.3 Å². The van der Waals surface area contributed by atoms with Gasteiger partial charge in [-0.2, -0.15) is 0 Å². The number of urea groups is 1. The Bertz CT molecular complexity index is 1130. The van der Waals surface area contributed by atoms with E-state index >= 15 is 0 Å². The number of anilines is 1. The number of halogens is 2. The number of hydrogen-bond donors (Lipinski definition) is 2. The van der Waals surface area contributed by atoms with Crippen LogP contribution >= 0.6 is 11.6 Å². The van der Waals surface area contributed by atoms with Crippen molar-refractivity contribution in [3.63, 3.8) is 0 Å². The summed E-state index contributed by atoms with van der Waals surface area (Å²) >= 11 is 6.12. The number of benzene rings is 2. The van der Waals surface area contributed by atoms with E-state index in [-0.39, 0.29) is 31.6 Å². The summed E-state index contributed by atoms with van der Waals surface area (Å²) in [5.41, 5.74) is 2.01. The minimum absolute atomic E-state index is 0.101. The van der Waals surface area contributed by atoms with Crippen molar-refractivity contribution in [2.45, 2.75) is 6.04 Å². The topological polar surface area (TPSA) is 81.8 Å². The van der Waals surface area contributed by atoms with Gasteiger partial charge in [0.2, 0.25) is 5.91 Å². The molecule has 1 atom stereocenters. The van der Waals surface area contributed by atoms with Gasteiger partial charge in [-0.3, -0.25) is 14.5 Å². The van der Waals surface area contributed by atoms with Gasteiger partial charge in [0.25, 0.3) is 5.91 Å². The van der Waals surface area contributed by atoms with Crippen LogP contribution < -0.4 is 10.6 Å². The van der Waals surface area contributed by atoms with Crippen molar-refractivity contribution >= 4 is 35.1 Å². The summed E-state index contributed by atoms with van der Waals surface area (Å²) in [5.74, 6) is -1.20. The fourth-order valence-electron chi connectivity index (χ4n) is 3.84. The van der Waals surface area contributed by atoms with Crippen molar-refractivity contribution < 1.29 is 18.8 Å². The normalized spacial score (nSPS) is 17.9. The first-order valence-electron chi connectivity index (χ1n) is 9.89. The lowest BCUT2D eigenvalue weighted by Gasteiger charge is -2.33. The van der Waals surface area contributed by atoms with Crippen molar-refractivity contribution in [1.29, 1.82) is 0 Å². The van der Waals surface area contributed by atoms with Crippen LogP contribution in [0, 0.1) is 5.82 Å². The summed E-state index contributed by atoms with van der Waals surface area (Å²) in [5, 5.41) is 5.98. The molecule has 0 saturated heterocycles. The van der Waals surface area contributed by atoms with Crippen LogP contribution in [-0.4, -0.2) is 47.3 Å². The maximum atomic E-state index is 13.3. The third-order valence-corrected chi connectivity index (χ3v) is 5.49. The highest BCUT2D eigenvalue weighted by atomic mass is 35.5. The molecule has 0 bridgehead atoms. The molecule has 164 valence electrons. The molecular formula is C23H20ClFN4O3. The smallest absolute Gasteiger partial charge is 0.322 e. The molecule has 9 heteroatoms. The molecule has 32 heavy (non-hydrogen) atoms. The highest BCUT2D eigenvalue weighted by molar-refractivity contribution is 6.30. The first-order valence-corrected chi connectivity index (χ1v) is 10.3. The maximum Gasteiger partial charge on any atom is 0.322 e. The lowest BCUT2D eigenvalue weighted by Crippen LogP contribution is -2.47. The van der Waals surface area contributed by atoms with Gasteiger partial charge in [-0.25, -0.2) is 9.18 Å². The van der Waals surface area contributed by atoms with E-state index in [0.29, 0.717) is 27.5 Å². The Balaban J connectivity index is 1.59. The van der Waals surface area contributed by atoms with Gasteiger partial charge < -0.3 is 15.5 Å². The quantitative estimate of drug-likeness (QED) is 0.656. The molecule has 0 spiro atoms. The fourth-order valence-corrected chi connectivity index (χ4v) is 4.04. The van der Waals surface area contributed by atoms with E-state index in [4.69, 9.17) is 11.6 Å². The Morgan fingerprint density at radius 3 is 2.69 bits per heavy atom. The van der Waals surface area contributed by atoms with E-state index in [2.05, 4.69) is 17.2 Å². The van der Waals surface area contributed by atoms with Gasteiger partial charge >= 0.3 is 6.03 Å². The number of amides is 4. The van der Waals surface area contributed by atoms with Crippen LogP contribution in [0.25, 0.3) is 0 Å². The van der Waals surface area contributed by atoms with Crippen LogP contribution in [0.15, 0.2) is 72.5 Å². The van der Waals surface area contributed by atoms with Crippen LogP contribution in [0.2, 0.25) is 5.02 Å². The molecule has 2 aromatic carbocycles. The average molecular weight is 455 g/mol. The number of carbonyl (C=O) groups is 3. The minimum Gasteiger partial charge on any atom is -0.326 e. The molecule has 4 rings (SSSR count). The Hall–Kier alpha value is -3.65. The molecule has 0 saturated carbocycles. The molecule has 0 aliphatic carbocycles. The molecule has 2 heterocycles. The standard InChI is InChI=1S/C23H20ClFN4O3/c1-2-10-29-18-12-28(13-19(30)26-17-8-6-16(25)7-9-17)22(31)20(18)21(27-23(29)32)14-4-3-5-15(24)11-14/h2-9,11,21H,1,10,12-13H2,(H,26,30)(H,27,32)/t21-/m1/s1. The van der Waals surface area contributed by atoms with Gasteiger partial charge in [0.15, 0.2) is 0 Å². The molecule has 2 aromatic rings. The third-order valence-electron chi connectivity index (χ3n) is 5.25.